The molecule has 0 aliphatic carbocycles. The zero-order valence-electron chi connectivity index (χ0n) is 10.7. The molecule has 0 spiro atoms. The van der Waals surface area contributed by atoms with Crippen LogP contribution in [0.25, 0.3) is 0 Å². The fourth-order valence-corrected chi connectivity index (χ4v) is 1.56. The predicted molar refractivity (Wildman–Crippen MR) is 68.4 cm³/mol. The Labute approximate surface area is 118 Å². The van der Waals surface area contributed by atoms with Gasteiger partial charge >= 0.3 is 12.0 Å². The summed E-state index contributed by atoms with van der Waals surface area (Å²) in [5, 5.41) is 17.1. The van der Waals surface area contributed by atoms with E-state index in [9.17, 15) is 14.0 Å². The van der Waals surface area contributed by atoms with E-state index in [0.717, 1.165) is 18.2 Å². The van der Waals surface area contributed by atoms with Crippen LogP contribution < -0.4 is 10.6 Å². The first-order chi connectivity index (χ1) is 10.1. The average Bonchev–Trinajstić information content (AvgIpc) is 2.91. The lowest BCUT2D eigenvalue weighted by atomic mass is 10.2. The Kier molecular flexibility index (Phi) is 4.44. The number of carbonyl (C=O) groups excluding carboxylic acids is 1. The summed E-state index contributed by atoms with van der Waals surface area (Å²) in [6, 6.07) is 2.34. The highest BCUT2D eigenvalue weighted by atomic mass is 19.1. The molecule has 0 saturated carbocycles. The van der Waals surface area contributed by atoms with Crippen LogP contribution in [-0.4, -0.2) is 33.8 Å². The number of carbonyl (C=O) groups is 2. The maximum atomic E-state index is 13.1. The number of rotatable bonds is 5. The van der Waals surface area contributed by atoms with Crippen LogP contribution in [0, 0.1) is 5.82 Å². The zero-order chi connectivity index (χ0) is 15.2. The molecule has 3 N–H and O–H groups in total. The van der Waals surface area contributed by atoms with Crippen molar-refractivity contribution in [3.05, 3.63) is 41.8 Å². The van der Waals surface area contributed by atoms with E-state index in [1.165, 1.54) is 6.33 Å². The summed E-state index contributed by atoms with van der Waals surface area (Å²) in [6.07, 6.45) is 1.56. The van der Waals surface area contributed by atoms with Crippen molar-refractivity contribution < 1.29 is 23.6 Å². The minimum Gasteiger partial charge on any atom is -0.478 e. The minimum absolute atomic E-state index is 0.127. The number of hydrogen-bond acceptors (Lipinski definition) is 5. The van der Waals surface area contributed by atoms with Crippen LogP contribution >= 0.6 is 0 Å². The lowest BCUT2D eigenvalue weighted by Crippen LogP contribution is -2.31. The van der Waals surface area contributed by atoms with Crippen molar-refractivity contribution in [3.8, 4) is 0 Å². The molecule has 0 unspecified atom stereocenters. The van der Waals surface area contributed by atoms with E-state index in [1.54, 1.807) is 0 Å². The normalized spacial score (nSPS) is 10.1. The molecule has 0 saturated heterocycles. The van der Waals surface area contributed by atoms with Crippen molar-refractivity contribution in [2.24, 2.45) is 0 Å². The fourth-order valence-electron chi connectivity index (χ4n) is 1.56. The third-order valence-electron chi connectivity index (χ3n) is 2.49. The lowest BCUT2D eigenvalue weighted by Gasteiger charge is -2.09. The van der Waals surface area contributed by atoms with Crippen molar-refractivity contribution in [2.45, 2.75) is 6.42 Å². The molecule has 21 heavy (non-hydrogen) atoms. The molecule has 1 aromatic heterocycles. The van der Waals surface area contributed by atoms with Crippen LogP contribution in [0.2, 0.25) is 0 Å². The zero-order valence-corrected chi connectivity index (χ0v) is 10.7. The number of nitrogens with zero attached hydrogens (tertiary/aromatic N) is 2. The third kappa shape index (κ3) is 4.00. The van der Waals surface area contributed by atoms with Crippen LogP contribution in [-0.2, 0) is 6.42 Å². The SMILES string of the molecule is O=C(NCCc1ncno1)Nc1cc(F)ccc1C(=O)O. The summed E-state index contributed by atoms with van der Waals surface area (Å²) in [4.78, 5) is 26.4. The number of carboxylic acid groups (broad SMARTS) is 1. The van der Waals surface area contributed by atoms with Gasteiger partial charge in [-0.2, -0.15) is 4.98 Å². The summed E-state index contributed by atoms with van der Waals surface area (Å²) >= 11 is 0. The second kappa shape index (κ2) is 6.46. The van der Waals surface area contributed by atoms with Gasteiger partial charge in [0, 0.05) is 13.0 Å². The minimum atomic E-state index is -1.27. The van der Waals surface area contributed by atoms with Gasteiger partial charge in [0.1, 0.15) is 5.82 Å². The van der Waals surface area contributed by atoms with Gasteiger partial charge < -0.3 is 20.3 Å². The van der Waals surface area contributed by atoms with Gasteiger partial charge in [0.25, 0.3) is 0 Å². The molecular weight excluding hydrogens is 283 g/mol. The lowest BCUT2D eigenvalue weighted by molar-refractivity contribution is 0.0698. The van der Waals surface area contributed by atoms with Gasteiger partial charge in [-0.05, 0) is 18.2 Å². The van der Waals surface area contributed by atoms with Crippen LogP contribution in [0.4, 0.5) is 14.9 Å². The Morgan fingerprint density at radius 1 is 1.38 bits per heavy atom. The van der Waals surface area contributed by atoms with E-state index < -0.39 is 17.8 Å². The standard InChI is InChI=1S/C12H11FN4O4/c13-7-1-2-8(11(18)19)9(5-7)17-12(20)14-4-3-10-15-6-16-21-10/h1-2,5-6H,3-4H2,(H,18,19)(H2,14,17,20). The molecule has 2 rings (SSSR count). The van der Waals surface area contributed by atoms with E-state index in [0.29, 0.717) is 12.3 Å². The number of hydrogen-bond donors (Lipinski definition) is 3. The van der Waals surface area contributed by atoms with Crippen LogP contribution in [0.3, 0.4) is 0 Å². The maximum absolute atomic E-state index is 13.1. The number of urea groups is 1. The number of carboxylic acids is 1. The number of anilines is 1. The predicted octanol–water partition coefficient (Wildman–Crippen LogP) is 1.27. The molecule has 1 heterocycles. The van der Waals surface area contributed by atoms with Gasteiger partial charge in [-0.3, -0.25) is 0 Å². The molecule has 2 amide bonds. The van der Waals surface area contributed by atoms with Crippen molar-refractivity contribution in [3.63, 3.8) is 0 Å². The molecule has 1 aromatic carbocycles. The van der Waals surface area contributed by atoms with Crippen molar-refractivity contribution in [2.75, 3.05) is 11.9 Å². The highest BCUT2D eigenvalue weighted by Gasteiger charge is 2.13. The molecular formula is C12H11FN4O4. The van der Waals surface area contributed by atoms with Gasteiger partial charge in [0.2, 0.25) is 5.89 Å². The summed E-state index contributed by atoms with van der Waals surface area (Å²) in [7, 11) is 0. The first kappa shape index (κ1) is 14.4. The topological polar surface area (TPSA) is 117 Å². The first-order valence-electron chi connectivity index (χ1n) is 5.89. The van der Waals surface area contributed by atoms with Gasteiger partial charge in [-0.15, -0.1) is 0 Å². The second-order valence-electron chi connectivity index (χ2n) is 3.96. The second-order valence-corrected chi connectivity index (χ2v) is 3.96. The number of aromatic nitrogens is 2. The average molecular weight is 294 g/mol. The van der Waals surface area contributed by atoms with E-state index in [4.69, 9.17) is 9.63 Å². The Morgan fingerprint density at radius 3 is 2.86 bits per heavy atom. The number of benzene rings is 1. The van der Waals surface area contributed by atoms with E-state index >= 15 is 0 Å². The Morgan fingerprint density at radius 2 is 2.19 bits per heavy atom. The fraction of sp³-hybridized carbons (Fsp3) is 0.167. The number of aromatic carboxylic acids is 1. The van der Waals surface area contributed by atoms with Crippen molar-refractivity contribution in [1.29, 1.82) is 0 Å². The molecule has 110 valence electrons. The van der Waals surface area contributed by atoms with Gasteiger partial charge in [0.05, 0.1) is 11.3 Å². The molecule has 2 aromatic rings. The van der Waals surface area contributed by atoms with Gasteiger partial charge in [0.15, 0.2) is 6.33 Å². The number of nitrogens with one attached hydrogen (secondary N) is 2. The van der Waals surface area contributed by atoms with E-state index in [-0.39, 0.29) is 17.8 Å². The van der Waals surface area contributed by atoms with Crippen LogP contribution in [0.5, 0.6) is 0 Å². The Bertz CT molecular complexity index is 645. The molecule has 9 heteroatoms. The summed E-state index contributed by atoms with van der Waals surface area (Å²) < 4.78 is 17.8. The summed E-state index contributed by atoms with van der Waals surface area (Å²) in [5.74, 6) is -1.57. The van der Waals surface area contributed by atoms with Crippen molar-refractivity contribution >= 4 is 17.7 Å². The monoisotopic (exact) mass is 294 g/mol. The smallest absolute Gasteiger partial charge is 0.337 e. The summed E-state index contributed by atoms with van der Waals surface area (Å²) in [5.41, 5.74) is -0.332. The van der Waals surface area contributed by atoms with Gasteiger partial charge in [-0.25, -0.2) is 14.0 Å². The van der Waals surface area contributed by atoms with E-state index in [1.807, 2.05) is 0 Å². The van der Waals surface area contributed by atoms with Gasteiger partial charge in [-0.1, -0.05) is 5.16 Å². The number of amides is 2. The maximum Gasteiger partial charge on any atom is 0.337 e. The first-order valence-corrected chi connectivity index (χ1v) is 5.89. The largest absolute Gasteiger partial charge is 0.478 e. The molecule has 0 aliphatic rings. The molecule has 0 aliphatic heterocycles. The van der Waals surface area contributed by atoms with Crippen LogP contribution in [0.1, 0.15) is 16.2 Å². The van der Waals surface area contributed by atoms with E-state index in [2.05, 4.69) is 20.8 Å². The number of halogens is 1. The summed E-state index contributed by atoms with van der Waals surface area (Å²) in [6.45, 7) is 0.200. The Balaban J connectivity index is 1.93. The molecule has 0 atom stereocenters. The molecule has 0 fully saturated rings. The van der Waals surface area contributed by atoms with Crippen LogP contribution in [0.15, 0.2) is 29.0 Å². The molecule has 8 nitrogen and oxygen atoms in total. The third-order valence-corrected chi connectivity index (χ3v) is 2.49. The molecule has 0 bridgehead atoms. The highest BCUT2D eigenvalue weighted by Crippen LogP contribution is 2.17. The van der Waals surface area contributed by atoms with Crippen molar-refractivity contribution in [1.82, 2.24) is 15.5 Å². The quantitative estimate of drug-likeness (QED) is 0.764. The molecule has 0 radical (unpaired) electrons. The highest BCUT2D eigenvalue weighted by molar-refractivity contribution is 5.99. The Hall–Kier alpha value is -2.97.